The third kappa shape index (κ3) is 4.52. The largest absolute Gasteiger partial charge is 0.267 e. The molecule has 0 heterocycles. The summed E-state index contributed by atoms with van der Waals surface area (Å²) in [5.74, 6) is 0.0529. The smallest absolute Gasteiger partial charge is 0.259 e. The lowest BCUT2D eigenvalue weighted by atomic mass is 10.6. The van der Waals surface area contributed by atoms with Gasteiger partial charge >= 0.3 is 0 Å². The van der Waals surface area contributed by atoms with Crippen LogP contribution >= 0.6 is 0 Å². The highest BCUT2D eigenvalue weighted by Gasteiger charge is 2.06. The third-order valence-corrected chi connectivity index (χ3v) is 2.07. The molecule has 0 saturated carbocycles. The summed E-state index contributed by atoms with van der Waals surface area (Å²) in [6.07, 6.45) is 1.85. The summed E-state index contributed by atoms with van der Waals surface area (Å²) in [5.41, 5.74) is 0. The van der Waals surface area contributed by atoms with Crippen LogP contribution in [0.2, 0.25) is 0 Å². The van der Waals surface area contributed by atoms with Crippen LogP contribution in [0.5, 0.6) is 0 Å². The Morgan fingerprint density at radius 1 is 1.60 bits per heavy atom. The predicted molar refractivity (Wildman–Crippen MR) is 39.7 cm³/mol. The molecule has 0 bridgehead atoms. The minimum Gasteiger partial charge on any atom is -0.259 e. The second kappa shape index (κ2) is 4.46. The maximum Gasteiger partial charge on any atom is 0.267 e. The molecule has 0 aliphatic heterocycles. The number of rotatable bonds is 5. The quantitative estimate of drug-likeness (QED) is 0.570. The highest BCUT2D eigenvalue weighted by atomic mass is 32.2. The van der Waals surface area contributed by atoms with Gasteiger partial charge in [-0.25, -0.2) is 0 Å². The molecule has 0 N–H and O–H groups in total. The molecule has 0 amide bonds. The van der Waals surface area contributed by atoms with Crippen molar-refractivity contribution in [1.82, 2.24) is 0 Å². The van der Waals surface area contributed by atoms with Crippen molar-refractivity contribution in [2.45, 2.75) is 13.3 Å². The van der Waals surface area contributed by atoms with E-state index < -0.39 is 10.1 Å². The minimum atomic E-state index is -3.32. The molecule has 0 aromatic heterocycles. The van der Waals surface area contributed by atoms with Crippen molar-refractivity contribution >= 4 is 10.1 Å². The van der Waals surface area contributed by atoms with Gasteiger partial charge in [0, 0.05) is 0 Å². The van der Waals surface area contributed by atoms with Crippen LogP contribution in [0.25, 0.3) is 0 Å². The standard InChI is InChI=1S/C6H11O3S/c1-3-5-9-10(7,8)6-4-2/h3,5H,1,4,6H2,2H3. The van der Waals surface area contributed by atoms with Crippen LogP contribution in [-0.2, 0) is 14.3 Å². The van der Waals surface area contributed by atoms with Gasteiger partial charge in [-0.15, -0.1) is 6.58 Å². The van der Waals surface area contributed by atoms with Crippen molar-refractivity contribution in [3.05, 3.63) is 19.3 Å². The van der Waals surface area contributed by atoms with E-state index in [9.17, 15) is 8.42 Å². The first-order valence-electron chi connectivity index (χ1n) is 2.97. The molecule has 0 aliphatic rings. The molecule has 0 rings (SSSR count). The van der Waals surface area contributed by atoms with Crippen molar-refractivity contribution in [1.29, 1.82) is 0 Å². The normalized spacial score (nSPS) is 11.3. The van der Waals surface area contributed by atoms with E-state index in [1.165, 1.54) is 6.08 Å². The van der Waals surface area contributed by atoms with Crippen LogP contribution in [0, 0.1) is 6.61 Å². The average molecular weight is 163 g/mol. The molecule has 1 radical (unpaired) electrons. The van der Waals surface area contributed by atoms with E-state index in [0.29, 0.717) is 6.42 Å². The van der Waals surface area contributed by atoms with Crippen molar-refractivity contribution in [3.63, 3.8) is 0 Å². The molecule has 0 saturated heterocycles. The lowest BCUT2D eigenvalue weighted by Gasteiger charge is -1.98. The van der Waals surface area contributed by atoms with Gasteiger partial charge in [0.05, 0.1) is 5.75 Å². The van der Waals surface area contributed by atoms with E-state index in [1.807, 2.05) is 0 Å². The molecule has 0 fully saturated rings. The second-order valence-corrected chi connectivity index (χ2v) is 3.45. The van der Waals surface area contributed by atoms with Crippen LogP contribution in [0.3, 0.4) is 0 Å². The fourth-order valence-corrected chi connectivity index (χ4v) is 1.27. The Morgan fingerprint density at radius 3 is 2.60 bits per heavy atom. The first-order valence-corrected chi connectivity index (χ1v) is 4.55. The summed E-state index contributed by atoms with van der Waals surface area (Å²) in [5, 5.41) is 0. The van der Waals surface area contributed by atoms with Crippen LogP contribution < -0.4 is 0 Å². The molecule has 3 nitrogen and oxygen atoms in total. The van der Waals surface area contributed by atoms with Crippen LogP contribution in [0.4, 0.5) is 0 Å². The average Bonchev–Trinajstić information content (AvgIpc) is 1.84. The van der Waals surface area contributed by atoms with Gasteiger partial charge in [-0.2, -0.15) is 8.42 Å². The van der Waals surface area contributed by atoms with E-state index in [4.69, 9.17) is 0 Å². The maximum atomic E-state index is 10.7. The molecule has 0 spiro atoms. The zero-order valence-electron chi connectivity index (χ0n) is 5.91. The van der Waals surface area contributed by atoms with Gasteiger partial charge in [-0.3, -0.25) is 4.18 Å². The molecule has 0 aromatic rings. The van der Waals surface area contributed by atoms with Crippen molar-refractivity contribution < 1.29 is 12.6 Å². The van der Waals surface area contributed by atoms with E-state index in [0.717, 1.165) is 6.61 Å². The summed E-state index contributed by atoms with van der Waals surface area (Å²) in [7, 11) is -3.32. The highest BCUT2D eigenvalue weighted by Crippen LogP contribution is 1.97. The molecule has 0 aromatic carbocycles. The Kier molecular flexibility index (Phi) is 4.31. The molecule has 59 valence electrons. The Morgan fingerprint density at radius 2 is 2.20 bits per heavy atom. The Hall–Kier alpha value is -0.350. The third-order valence-electron chi connectivity index (χ3n) is 0.753. The first kappa shape index (κ1) is 9.65. The predicted octanol–water partition coefficient (Wildman–Crippen LogP) is 1.09. The van der Waals surface area contributed by atoms with Crippen molar-refractivity contribution in [2.24, 2.45) is 0 Å². The highest BCUT2D eigenvalue weighted by molar-refractivity contribution is 7.86. The summed E-state index contributed by atoms with van der Waals surface area (Å²) < 4.78 is 25.7. The zero-order chi connectivity index (χ0) is 8.04. The van der Waals surface area contributed by atoms with Gasteiger partial charge in [0.25, 0.3) is 10.1 Å². The summed E-state index contributed by atoms with van der Waals surface area (Å²) in [6, 6.07) is 0. The first-order chi connectivity index (χ1) is 4.62. The molecule has 4 heteroatoms. The molecule has 0 aliphatic carbocycles. The minimum absolute atomic E-state index is 0.0529. The lowest BCUT2D eigenvalue weighted by Crippen LogP contribution is -2.07. The zero-order valence-corrected chi connectivity index (χ0v) is 6.73. The monoisotopic (exact) mass is 163 g/mol. The lowest BCUT2D eigenvalue weighted by molar-refractivity contribution is 0.412. The number of hydrogen-bond acceptors (Lipinski definition) is 3. The maximum absolute atomic E-state index is 10.7. The van der Waals surface area contributed by atoms with E-state index in [2.05, 4.69) is 10.8 Å². The van der Waals surface area contributed by atoms with Crippen LogP contribution in [-0.4, -0.2) is 14.2 Å². The molecule has 0 unspecified atom stereocenters. The summed E-state index contributed by atoms with van der Waals surface area (Å²) in [6.45, 7) is 6.11. The van der Waals surface area contributed by atoms with Gasteiger partial charge < -0.3 is 0 Å². The summed E-state index contributed by atoms with van der Waals surface area (Å²) in [4.78, 5) is 0. The second-order valence-electron chi connectivity index (χ2n) is 1.73. The van der Waals surface area contributed by atoms with Gasteiger partial charge in [0.2, 0.25) is 0 Å². The fourth-order valence-electron chi connectivity index (χ4n) is 0.422. The van der Waals surface area contributed by atoms with E-state index in [-0.39, 0.29) is 5.75 Å². The number of hydrogen-bond donors (Lipinski definition) is 0. The van der Waals surface area contributed by atoms with Crippen LogP contribution in [0.15, 0.2) is 12.7 Å². The SMILES string of the molecule is C=C[CH]OS(=O)(=O)CCC. The fraction of sp³-hybridized carbons (Fsp3) is 0.500. The van der Waals surface area contributed by atoms with Gasteiger partial charge in [0.1, 0.15) is 6.61 Å². The molecular formula is C6H11O3S. The van der Waals surface area contributed by atoms with Crippen molar-refractivity contribution in [3.8, 4) is 0 Å². The Bertz CT molecular complexity index is 181. The van der Waals surface area contributed by atoms with E-state index >= 15 is 0 Å². The topological polar surface area (TPSA) is 43.4 Å². The molecular weight excluding hydrogens is 152 g/mol. The van der Waals surface area contributed by atoms with Gasteiger partial charge in [0.15, 0.2) is 0 Å². The van der Waals surface area contributed by atoms with E-state index in [1.54, 1.807) is 6.92 Å². The Balaban J connectivity index is 3.76. The molecule has 10 heavy (non-hydrogen) atoms. The van der Waals surface area contributed by atoms with Crippen LogP contribution in [0.1, 0.15) is 13.3 Å². The van der Waals surface area contributed by atoms with Gasteiger partial charge in [-0.05, 0) is 6.42 Å². The van der Waals surface area contributed by atoms with Crippen molar-refractivity contribution in [2.75, 3.05) is 5.75 Å². The molecule has 0 atom stereocenters. The van der Waals surface area contributed by atoms with Gasteiger partial charge in [-0.1, -0.05) is 13.0 Å². The Labute approximate surface area is 61.8 Å². The summed E-state index contributed by atoms with van der Waals surface area (Å²) >= 11 is 0.